The molecule has 0 aliphatic carbocycles. The normalized spacial score (nSPS) is 16.4. The maximum Gasteiger partial charge on any atom is 0.243 e. The van der Waals surface area contributed by atoms with E-state index in [1.807, 2.05) is 17.5 Å². The van der Waals surface area contributed by atoms with Crippen LogP contribution in [0.15, 0.2) is 51.4 Å². The van der Waals surface area contributed by atoms with Crippen molar-refractivity contribution in [3.05, 3.63) is 46.5 Å². The molecule has 1 aromatic carbocycles. The van der Waals surface area contributed by atoms with E-state index in [4.69, 9.17) is 0 Å². The molecule has 3 heterocycles. The van der Waals surface area contributed by atoms with E-state index in [0.29, 0.717) is 31.1 Å². The van der Waals surface area contributed by atoms with Gasteiger partial charge in [0.1, 0.15) is 17.0 Å². The largest absolute Gasteiger partial charge is 0.353 e. The average molecular weight is 439 g/mol. The molecule has 0 N–H and O–H groups in total. The van der Waals surface area contributed by atoms with Gasteiger partial charge in [-0.15, -0.1) is 11.3 Å². The van der Waals surface area contributed by atoms with Crippen molar-refractivity contribution in [2.24, 2.45) is 0 Å². The number of aromatic nitrogens is 2. The first-order chi connectivity index (χ1) is 12.1. The Balaban J connectivity index is 1.54. The molecule has 3 aromatic rings. The number of anilines is 1. The highest BCUT2D eigenvalue weighted by atomic mass is 79.9. The van der Waals surface area contributed by atoms with Crippen molar-refractivity contribution in [1.82, 2.24) is 14.3 Å². The summed E-state index contributed by atoms with van der Waals surface area (Å²) in [4.78, 5) is 12.1. The van der Waals surface area contributed by atoms with Crippen molar-refractivity contribution in [3.8, 4) is 0 Å². The van der Waals surface area contributed by atoms with Crippen LogP contribution in [0.3, 0.4) is 0 Å². The number of benzene rings is 1. The van der Waals surface area contributed by atoms with Crippen molar-refractivity contribution in [1.29, 1.82) is 0 Å². The topological polar surface area (TPSA) is 66.4 Å². The molecule has 4 rings (SSSR count). The zero-order valence-corrected chi connectivity index (χ0v) is 16.4. The zero-order chi connectivity index (χ0) is 17.4. The van der Waals surface area contributed by atoms with E-state index in [0.717, 1.165) is 20.5 Å². The van der Waals surface area contributed by atoms with Gasteiger partial charge < -0.3 is 4.90 Å². The molecular formula is C16H15BrN4O2S2. The van der Waals surface area contributed by atoms with Crippen LogP contribution < -0.4 is 4.90 Å². The number of rotatable bonds is 3. The van der Waals surface area contributed by atoms with Crippen LogP contribution >= 0.6 is 27.3 Å². The predicted molar refractivity (Wildman–Crippen MR) is 103 cm³/mol. The second kappa shape index (κ2) is 6.64. The van der Waals surface area contributed by atoms with E-state index < -0.39 is 10.0 Å². The van der Waals surface area contributed by atoms with E-state index in [1.165, 1.54) is 4.31 Å². The average Bonchev–Trinajstić information content (AvgIpc) is 3.10. The van der Waals surface area contributed by atoms with Crippen LogP contribution in [0.4, 0.5) is 5.82 Å². The Kier molecular flexibility index (Phi) is 4.48. The lowest BCUT2D eigenvalue weighted by atomic mass is 10.3. The summed E-state index contributed by atoms with van der Waals surface area (Å²) < 4.78 is 27.9. The van der Waals surface area contributed by atoms with Gasteiger partial charge in [0.05, 0.1) is 10.3 Å². The summed E-state index contributed by atoms with van der Waals surface area (Å²) in [6.07, 6.45) is 1.57. The summed E-state index contributed by atoms with van der Waals surface area (Å²) in [5.74, 6) is 0.880. The Morgan fingerprint density at radius 2 is 1.88 bits per heavy atom. The molecule has 0 bridgehead atoms. The van der Waals surface area contributed by atoms with Crippen LogP contribution in [0.1, 0.15) is 0 Å². The van der Waals surface area contributed by atoms with Gasteiger partial charge >= 0.3 is 0 Å². The number of hydrogen-bond donors (Lipinski definition) is 0. The number of nitrogens with zero attached hydrogens (tertiary/aromatic N) is 4. The minimum atomic E-state index is -3.48. The molecule has 130 valence electrons. The quantitative estimate of drug-likeness (QED) is 0.628. The molecule has 6 nitrogen and oxygen atoms in total. The molecule has 0 radical (unpaired) electrons. The zero-order valence-electron chi connectivity index (χ0n) is 13.2. The fraction of sp³-hybridized carbons (Fsp3) is 0.250. The van der Waals surface area contributed by atoms with Gasteiger partial charge in [0, 0.05) is 30.7 Å². The Hall–Kier alpha value is -1.55. The monoisotopic (exact) mass is 438 g/mol. The van der Waals surface area contributed by atoms with Gasteiger partial charge in [0.25, 0.3) is 0 Å². The summed E-state index contributed by atoms with van der Waals surface area (Å²) in [7, 11) is -3.48. The molecule has 1 saturated heterocycles. The number of halogens is 1. The number of hydrogen-bond acceptors (Lipinski definition) is 6. The highest BCUT2D eigenvalue weighted by Crippen LogP contribution is 2.28. The lowest BCUT2D eigenvalue weighted by Crippen LogP contribution is -2.49. The number of sulfonamides is 1. The first-order valence-corrected chi connectivity index (χ1v) is 10.9. The SMILES string of the molecule is O=S(=O)(c1cccc(Br)c1)N1CCN(c2ncnc3sccc23)CC1. The van der Waals surface area contributed by atoms with Crippen molar-refractivity contribution < 1.29 is 8.42 Å². The smallest absolute Gasteiger partial charge is 0.243 e. The summed E-state index contributed by atoms with van der Waals surface area (Å²) >= 11 is 4.91. The third-order valence-electron chi connectivity index (χ3n) is 4.21. The van der Waals surface area contributed by atoms with Crippen LogP contribution in [-0.4, -0.2) is 48.9 Å². The second-order valence-corrected chi connectivity index (χ2v) is 9.43. The van der Waals surface area contributed by atoms with Crippen molar-refractivity contribution in [2.45, 2.75) is 4.90 Å². The van der Waals surface area contributed by atoms with E-state index in [2.05, 4.69) is 30.8 Å². The van der Waals surface area contributed by atoms with E-state index in [1.54, 1.807) is 35.9 Å². The molecule has 0 spiro atoms. The summed E-state index contributed by atoms with van der Waals surface area (Å²) in [6, 6.07) is 8.84. The summed E-state index contributed by atoms with van der Waals surface area (Å²) in [6.45, 7) is 2.08. The minimum absolute atomic E-state index is 0.317. The predicted octanol–water partition coefficient (Wildman–Crippen LogP) is 2.96. The highest BCUT2D eigenvalue weighted by Gasteiger charge is 2.29. The standard InChI is InChI=1S/C16H15BrN4O2S2/c17-12-2-1-3-13(10-12)25(22,23)21-7-5-20(6-8-21)15-14-4-9-24-16(14)19-11-18-15/h1-4,9-11H,5-8H2. The molecule has 0 saturated carbocycles. The number of piperazine rings is 1. The van der Waals surface area contributed by atoms with Gasteiger partial charge in [-0.3, -0.25) is 0 Å². The molecule has 0 atom stereocenters. The molecular weight excluding hydrogens is 424 g/mol. The highest BCUT2D eigenvalue weighted by molar-refractivity contribution is 9.10. The molecule has 9 heteroatoms. The third kappa shape index (κ3) is 3.17. The number of thiophene rings is 1. The van der Waals surface area contributed by atoms with Gasteiger partial charge in [0.15, 0.2) is 0 Å². The molecule has 1 aliphatic heterocycles. The number of fused-ring (bicyclic) bond motifs is 1. The van der Waals surface area contributed by atoms with Gasteiger partial charge in [-0.25, -0.2) is 18.4 Å². The van der Waals surface area contributed by atoms with E-state index in [-0.39, 0.29) is 0 Å². The van der Waals surface area contributed by atoms with Crippen molar-refractivity contribution in [2.75, 3.05) is 31.1 Å². The molecule has 25 heavy (non-hydrogen) atoms. The maximum absolute atomic E-state index is 12.8. The Morgan fingerprint density at radius 1 is 1.08 bits per heavy atom. The Bertz CT molecular complexity index is 1010. The summed E-state index contributed by atoms with van der Waals surface area (Å²) in [5.41, 5.74) is 0. The van der Waals surface area contributed by atoms with Crippen LogP contribution in [0.5, 0.6) is 0 Å². The van der Waals surface area contributed by atoms with E-state index >= 15 is 0 Å². The third-order valence-corrected chi connectivity index (χ3v) is 7.42. The minimum Gasteiger partial charge on any atom is -0.353 e. The van der Waals surface area contributed by atoms with Gasteiger partial charge in [-0.2, -0.15) is 4.31 Å². The Morgan fingerprint density at radius 3 is 2.64 bits per heavy atom. The Labute approximate surface area is 158 Å². The van der Waals surface area contributed by atoms with Crippen LogP contribution in [-0.2, 0) is 10.0 Å². The van der Waals surface area contributed by atoms with Crippen molar-refractivity contribution in [3.63, 3.8) is 0 Å². The van der Waals surface area contributed by atoms with Crippen LogP contribution in [0.2, 0.25) is 0 Å². The van der Waals surface area contributed by atoms with Gasteiger partial charge in [0.2, 0.25) is 10.0 Å². The second-order valence-electron chi connectivity index (χ2n) is 5.69. The van der Waals surface area contributed by atoms with Gasteiger partial charge in [-0.1, -0.05) is 22.0 Å². The molecule has 1 aliphatic rings. The van der Waals surface area contributed by atoms with Gasteiger partial charge in [-0.05, 0) is 29.6 Å². The molecule has 2 aromatic heterocycles. The summed E-state index contributed by atoms with van der Waals surface area (Å²) in [5, 5.41) is 3.02. The van der Waals surface area contributed by atoms with Crippen LogP contribution in [0, 0.1) is 0 Å². The molecule has 1 fully saturated rings. The first kappa shape index (κ1) is 16.9. The molecule has 0 amide bonds. The van der Waals surface area contributed by atoms with Crippen molar-refractivity contribution >= 4 is 53.3 Å². The fourth-order valence-corrected chi connectivity index (χ4v) is 5.69. The van der Waals surface area contributed by atoms with E-state index in [9.17, 15) is 8.42 Å². The molecule has 0 unspecified atom stereocenters. The maximum atomic E-state index is 12.8. The lowest BCUT2D eigenvalue weighted by Gasteiger charge is -2.34. The first-order valence-electron chi connectivity index (χ1n) is 7.74. The lowest BCUT2D eigenvalue weighted by molar-refractivity contribution is 0.384. The van der Waals surface area contributed by atoms with Crippen LogP contribution in [0.25, 0.3) is 10.2 Å². The fourth-order valence-electron chi connectivity index (χ4n) is 2.95.